The van der Waals surface area contributed by atoms with Gasteiger partial charge in [0.1, 0.15) is 11.3 Å². The summed E-state index contributed by atoms with van der Waals surface area (Å²) in [5.74, 6) is 0.105. The van der Waals surface area contributed by atoms with E-state index >= 15 is 0 Å². The van der Waals surface area contributed by atoms with Crippen LogP contribution in [0.5, 0.6) is 0 Å². The third-order valence-electron chi connectivity index (χ3n) is 3.29. The largest absolute Gasteiger partial charge is 0.392 e. The number of aliphatic hydroxyl groups excluding tert-OH is 1. The van der Waals surface area contributed by atoms with E-state index in [9.17, 15) is 15.0 Å². The van der Waals surface area contributed by atoms with Crippen molar-refractivity contribution in [2.45, 2.75) is 6.61 Å². The van der Waals surface area contributed by atoms with Gasteiger partial charge in [0, 0.05) is 23.9 Å². The van der Waals surface area contributed by atoms with Crippen molar-refractivity contribution < 1.29 is 10.0 Å². The first-order chi connectivity index (χ1) is 10.6. The van der Waals surface area contributed by atoms with E-state index < -0.39 is 4.92 Å². The van der Waals surface area contributed by atoms with E-state index in [0.29, 0.717) is 22.5 Å². The number of aliphatic hydroxyl groups is 1. The Kier molecular flexibility index (Phi) is 3.36. The third kappa shape index (κ3) is 2.21. The van der Waals surface area contributed by atoms with Crippen LogP contribution in [0.4, 0.5) is 11.5 Å². The zero-order chi connectivity index (χ0) is 15.7. The quantitative estimate of drug-likeness (QED) is 0.452. The van der Waals surface area contributed by atoms with Crippen LogP contribution in [0.3, 0.4) is 0 Å². The Labute approximate surface area is 123 Å². The molecule has 0 atom stereocenters. The van der Waals surface area contributed by atoms with E-state index in [2.05, 4.69) is 10.2 Å². The van der Waals surface area contributed by atoms with E-state index in [1.807, 2.05) is 0 Å². The van der Waals surface area contributed by atoms with Crippen LogP contribution in [0.2, 0.25) is 0 Å². The van der Waals surface area contributed by atoms with Crippen molar-refractivity contribution in [2.24, 2.45) is 5.18 Å². The van der Waals surface area contributed by atoms with Gasteiger partial charge < -0.3 is 5.11 Å². The normalized spacial score (nSPS) is 10.8. The molecule has 0 bridgehead atoms. The number of nitro groups is 1. The van der Waals surface area contributed by atoms with Crippen LogP contribution in [0.15, 0.2) is 47.8 Å². The molecular weight excluding hydrogens is 288 g/mol. The first kappa shape index (κ1) is 13.8. The lowest BCUT2D eigenvalue weighted by Gasteiger charge is -1.98. The zero-order valence-electron chi connectivity index (χ0n) is 11.2. The Morgan fingerprint density at radius 3 is 2.59 bits per heavy atom. The standard InChI is InChI=1S/C14H10N4O4/c19-8-9-5-6-17-12(7-9)15-13(14(17)16-20)10-1-3-11(4-2-10)18(21)22/h1-7,19H,8H2. The number of aromatic nitrogens is 2. The lowest BCUT2D eigenvalue weighted by atomic mass is 10.1. The number of rotatable bonds is 4. The Morgan fingerprint density at radius 2 is 2.00 bits per heavy atom. The smallest absolute Gasteiger partial charge is 0.269 e. The van der Waals surface area contributed by atoms with E-state index in [0.717, 1.165) is 0 Å². The average molecular weight is 298 g/mol. The highest BCUT2D eigenvalue weighted by Crippen LogP contribution is 2.32. The molecule has 2 aromatic heterocycles. The number of hydrogen-bond donors (Lipinski definition) is 1. The maximum atomic E-state index is 11.1. The molecule has 1 N–H and O–H groups in total. The molecule has 0 fully saturated rings. The summed E-state index contributed by atoms with van der Waals surface area (Å²) in [7, 11) is 0. The van der Waals surface area contributed by atoms with E-state index in [4.69, 9.17) is 5.11 Å². The number of nitro benzene ring substituents is 1. The molecule has 0 unspecified atom stereocenters. The van der Waals surface area contributed by atoms with Crippen molar-refractivity contribution in [3.8, 4) is 11.3 Å². The Balaban J connectivity index is 2.17. The molecule has 2 heterocycles. The van der Waals surface area contributed by atoms with Crippen molar-refractivity contribution in [3.63, 3.8) is 0 Å². The molecular formula is C14H10N4O4. The monoisotopic (exact) mass is 298 g/mol. The molecule has 0 aliphatic rings. The summed E-state index contributed by atoms with van der Waals surface area (Å²) >= 11 is 0. The summed E-state index contributed by atoms with van der Waals surface area (Å²) in [5.41, 5.74) is 1.96. The van der Waals surface area contributed by atoms with E-state index in [1.54, 1.807) is 18.3 Å². The van der Waals surface area contributed by atoms with E-state index in [1.165, 1.54) is 28.7 Å². The summed E-state index contributed by atoms with van der Waals surface area (Å²) in [6.07, 6.45) is 1.60. The Bertz CT molecular complexity index is 870. The zero-order valence-corrected chi connectivity index (χ0v) is 11.2. The summed E-state index contributed by atoms with van der Waals surface area (Å²) in [6, 6.07) is 9.01. The number of nitroso groups, excluding NO2 is 1. The van der Waals surface area contributed by atoms with Gasteiger partial charge in [0.05, 0.1) is 11.5 Å². The fourth-order valence-electron chi connectivity index (χ4n) is 2.19. The van der Waals surface area contributed by atoms with Crippen LogP contribution in [-0.4, -0.2) is 19.4 Å². The van der Waals surface area contributed by atoms with Gasteiger partial charge in [-0.1, -0.05) is 0 Å². The van der Waals surface area contributed by atoms with Crippen molar-refractivity contribution in [1.29, 1.82) is 0 Å². The van der Waals surface area contributed by atoms with Crippen LogP contribution < -0.4 is 0 Å². The van der Waals surface area contributed by atoms with Crippen LogP contribution in [0, 0.1) is 15.0 Å². The molecule has 8 nitrogen and oxygen atoms in total. The summed E-state index contributed by atoms with van der Waals surface area (Å²) in [4.78, 5) is 25.6. The van der Waals surface area contributed by atoms with Crippen molar-refractivity contribution in [1.82, 2.24) is 9.38 Å². The van der Waals surface area contributed by atoms with Gasteiger partial charge in [0.15, 0.2) is 0 Å². The van der Waals surface area contributed by atoms with Crippen LogP contribution in [-0.2, 0) is 6.61 Å². The second-order valence-electron chi connectivity index (χ2n) is 4.60. The van der Waals surface area contributed by atoms with Gasteiger partial charge >= 0.3 is 0 Å². The van der Waals surface area contributed by atoms with Crippen molar-refractivity contribution >= 4 is 17.2 Å². The lowest BCUT2D eigenvalue weighted by molar-refractivity contribution is -0.384. The fraction of sp³-hybridized carbons (Fsp3) is 0.0714. The van der Waals surface area contributed by atoms with Gasteiger partial charge in [-0.15, -0.1) is 4.91 Å². The topological polar surface area (TPSA) is 110 Å². The highest BCUT2D eigenvalue weighted by molar-refractivity contribution is 5.75. The van der Waals surface area contributed by atoms with Gasteiger partial charge in [0.2, 0.25) is 5.82 Å². The maximum absolute atomic E-state index is 11.1. The van der Waals surface area contributed by atoms with Gasteiger partial charge in [-0.2, -0.15) is 0 Å². The third-order valence-corrected chi connectivity index (χ3v) is 3.29. The highest BCUT2D eigenvalue weighted by Gasteiger charge is 2.16. The van der Waals surface area contributed by atoms with Crippen LogP contribution >= 0.6 is 0 Å². The first-order valence-electron chi connectivity index (χ1n) is 6.34. The SMILES string of the molecule is O=Nc1c(-c2ccc([N+](=O)[O-])cc2)nc2cc(CO)ccn12. The number of fused-ring (bicyclic) bond motifs is 1. The van der Waals surface area contributed by atoms with Crippen LogP contribution in [0.1, 0.15) is 5.56 Å². The Morgan fingerprint density at radius 1 is 1.27 bits per heavy atom. The number of imidazole rings is 1. The summed E-state index contributed by atoms with van der Waals surface area (Å²) < 4.78 is 1.50. The Hall–Kier alpha value is -3.13. The molecule has 0 saturated heterocycles. The van der Waals surface area contributed by atoms with Gasteiger partial charge in [0.25, 0.3) is 5.69 Å². The van der Waals surface area contributed by atoms with Gasteiger partial charge in [-0.25, -0.2) is 4.98 Å². The molecule has 0 aliphatic heterocycles. The number of benzene rings is 1. The molecule has 0 saturated carbocycles. The first-order valence-corrected chi connectivity index (χ1v) is 6.34. The molecule has 8 heteroatoms. The number of hydrogen-bond acceptors (Lipinski definition) is 6. The molecule has 0 aliphatic carbocycles. The minimum atomic E-state index is -0.500. The number of nitrogens with zero attached hydrogens (tertiary/aromatic N) is 4. The second kappa shape index (κ2) is 5.34. The minimum absolute atomic E-state index is 0.0457. The molecule has 0 spiro atoms. The van der Waals surface area contributed by atoms with E-state index in [-0.39, 0.29) is 18.1 Å². The van der Waals surface area contributed by atoms with Crippen molar-refractivity contribution in [2.75, 3.05) is 0 Å². The summed E-state index contributed by atoms with van der Waals surface area (Å²) in [6.45, 7) is -0.139. The molecule has 22 heavy (non-hydrogen) atoms. The maximum Gasteiger partial charge on any atom is 0.269 e. The van der Waals surface area contributed by atoms with Gasteiger partial charge in [-0.3, -0.25) is 14.5 Å². The average Bonchev–Trinajstić information content (AvgIpc) is 2.92. The molecule has 3 rings (SSSR count). The minimum Gasteiger partial charge on any atom is -0.392 e. The number of pyridine rings is 1. The predicted octanol–water partition coefficient (Wildman–Crippen LogP) is 2.80. The molecule has 3 aromatic rings. The summed E-state index contributed by atoms with van der Waals surface area (Å²) in [5, 5.41) is 22.8. The lowest BCUT2D eigenvalue weighted by Crippen LogP contribution is -1.88. The molecule has 1 aromatic carbocycles. The predicted molar refractivity (Wildman–Crippen MR) is 78.7 cm³/mol. The number of non-ortho nitro benzene ring substituents is 1. The second-order valence-corrected chi connectivity index (χ2v) is 4.60. The van der Waals surface area contributed by atoms with Crippen molar-refractivity contribution in [3.05, 3.63) is 63.2 Å². The fourth-order valence-corrected chi connectivity index (χ4v) is 2.19. The van der Waals surface area contributed by atoms with Crippen LogP contribution in [0.25, 0.3) is 16.9 Å². The molecule has 0 radical (unpaired) electrons. The van der Waals surface area contributed by atoms with Gasteiger partial charge in [-0.05, 0) is 35.0 Å². The highest BCUT2D eigenvalue weighted by atomic mass is 16.6. The molecule has 110 valence electrons. The molecule has 0 amide bonds.